The van der Waals surface area contributed by atoms with Gasteiger partial charge in [0.15, 0.2) is 0 Å². The van der Waals surface area contributed by atoms with E-state index in [0.29, 0.717) is 6.61 Å². The van der Waals surface area contributed by atoms with Gasteiger partial charge in [-0.15, -0.1) is 0 Å². The lowest BCUT2D eigenvalue weighted by Crippen LogP contribution is -2.37. The third-order valence-corrected chi connectivity index (χ3v) is 4.16. The summed E-state index contributed by atoms with van der Waals surface area (Å²) in [6, 6.07) is 0.0234. The van der Waals surface area contributed by atoms with Gasteiger partial charge in [0.2, 0.25) is 0 Å². The molecule has 1 unspecified atom stereocenters. The fourth-order valence-electron chi connectivity index (χ4n) is 1.76. The van der Waals surface area contributed by atoms with Crippen LogP contribution in [0.4, 0.5) is 0 Å². The largest absolute Gasteiger partial charge is 0.382 e. The van der Waals surface area contributed by atoms with Crippen molar-refractivity contribution in [1.29, 1.82) is 0 Å². The van der Waals surface area contributed by atoms with E-state index in [1.54, 1.807) is 14.0 Å². The van der Waals surface area contributed by atoms with Crippen molar-refractivity contribution in [3.63, 3.8) is 0 Å². The average Bonchev–Trinajstić information content (AvgIpc) is 2.47. The molecule has 0 saturated carbocycles. The third-order valence-electron chi connectivity index (χ3n) is 2.57. The number of nitrogens with one attached hydrogen (secondary N) is 1. The van der Waals surface area contributed by atoms with Crippen LogP contribution in [0.2, 0.25) is 0 Å². The first-order valence-corrected chi connectivity index (χ1v) is 7.07. The molecule has 0 aromatic carbocycles. The molecule has 0 bridgehead atoms. The van der Waals surface area contributed by atoms with Crippen LogP contribution in [0.15, 0.2) is 0 Å². The SMILES string of the molecule is B[C@H]1C[C@@H](NP(=O)(O)CC)[C@@H](COC)O1. The highest BCUT2D eigenvalue weighted by atomic mass is 31.2. The summed E-state index contributed by atoms with van der Waals surface area (Å²) in [5.41, 5.74) is 0. The predicted octanol–water partition coefficient (Wildman–Crippen LogP) is -0.456. The number of ether oxygens (including phenoxy) is 2. The summed E-state index contributed by atoms with van der Waals surface area (Å²) < 4.78 is 22.1. The Balaban J connectivity index is 2.55. The molecule has 15 heavy (non-hydrogen) atoms. The molecule has 5 nitrogen and oxygen atoms in total. The van der Waals surface area contributed by atoms with Crippen LogP contribution in [0.25, 0.3) is 0 Å². The van der Waals surface area contributed by atoms with Gasteiger partial charge in [-0.2, -0.15) is 0 Å². The second kappa shape index (κ2) is 5.46. The Morgan fingerprint density at radius 3 is 2.93 bits per heavy atom. The quantitative estimate of drug-likeness (QED) is 0.498. The maximum Gasteiger partial charge on any atom is 0.267 e. The molecule has 1 aliphatic heterocycles. The van der Waals surface area contributed by atoms with Crippen molar-refractivity contribution >= 4 is 15.4 Å². The molecule has 1 saturated heterocycles. The van der Waals surface area contributed by atoms with Crippen molar-refractivity contribution in [2.24, 2.45) is 0 Å². The molecule has 0 aromatic heterocycles. The van der Waals surface area contributed by atoms with Crippen molar-refractivity contribution in [3.05, 3.63) is 0 Å². The summed E-state index contributed by atoms with van der Waals surface area (Å²) in [5.74, 6) is 0. The van der Waals surface area contributed by atoms with Crippen LogP contribution in [-0.2, 0) is 14.0 Å². The summed E-state index contributed by atoms with van der Waals surface area (Å²) in [4.78, 5) is 9.50. The molecule has 1 rings (SSSR count). The zero-order valence-corrected chi connectivity index (χ0v) is 10.4. The molecule has 1 fully saturated rings. The first-order chi connectivity index (χ1) is 6.98. The lowest BCUT2D eigenvalue weighted by molar-refractivity contribution is 0.0181. The van der Waals surface area contributed by atoms with Gasteiger partial charge in [-0.25, -0.2) is 5.09 Å². The zero-order valence-electron chi connectivity index (χ0n) is 9.47. The molecule has 4 atom stereocenters. The summed E-state index contributed by atoms with van der Waals surface area (Å²) in [6.07, 6.45) is 0.855. The third kappa shape index (κ3) is 3.89. The predicted molar refractivity (Wildman–Crippen MR) is 61.0 cm³/mol. The van der Waals surface area contributed by atoms with Gasteiger partial charge in [0.05, 0.1) is 12.7 Å². The van der Waals surface area contributed by atoms with E-state index in [1.165, 1.54) is 0 Å². The van der Waals surface area contributed by atoms with E-state index in [9.17, 15) is 9.46 Å². The summed E-state index contributed by atoms with van der Waals surface area (Å²) in [7, 11) is 0.360. The molecular formula is C8H19BNO4P. The smallest absolute Gasteiger partial charge is 0.267 e. The van der Waals surface area contributed by atoms with Crippen molar-refractivity contribution in [2.45, 2.75) is 31.5 Å². The second-order valence-electron chi connectivity index (χ2n) is 3.93. The number of methoxy groups -OCH3 is 1. The maximum absolute atomic E-state index is 11.5. The average molecular weight is 235 g/mol. The lowest BCUT2D eigenvalue weighted by Gasteiger charge is -2.21. The van der Waals surface area contributed by atoms with Crippen LogP contribution in [0.3, 0.4) is 0 Å². The van der Waals surface area contributed by atoms with E-state index >= 15 is 0 Å². The van der Waals surface area contributed by atoms with E-state index in [1.807, 2.05) is 7.85 Å². The van der Waals surface area contributed by atoms with Gasteiger partial charge >= 0.3 is 0 Å². The first-order valence-electron chi connectivity index (χ1n) is 5.22. The topological polar surface area (TPSA) is 67.8 Å². The molecule has 0 aliphatic carbocycles. The van der Waals surface area contributed by atoms with Gasteiger partial charge in [-0.05, 0) is 6.42 Å². The molecule has 0 spiro atoms. The Hall–Kier alpha value is 0.135. The Morgan fingerprint density at radius 1 is 1.73 bits per heavy atom. The van der Waals surface area contributed by atoms with E-state index in [2.05, 4.69) is 5.09 Å². The Kier molecular flexibility index (Phi) is 4.80. The maximum atomic E-state index is 11.5. The molecule has 88 valence electrons. The minimum Gasteiger partial charge on any atom is -0.382 e. The van der Waals surface area contributed by atoms with Gasteiger partial charge in [-0.3, -0.25) is 4.57 Å². The van der Waals surface area contributed by atoms with E-state index < -0.39 is 7.52 Å². The highest BCUT2D eigenvalue weighted by Gasteiger charge is 2.35. The van der Waals surface area contributed by atoms with E-state index in [4.69, 9.17) is 9.47 Å². The molecule has 0 radical (unpaired) electrons. The van der Waals surface area contributed by atoms with Gasteiger partial charge in [0.1, 0.15) is 7.85 Å². The van der Waals surface area contributed by atoms with Gasteiger partial charge in [0, 0.05) is 25.3 Å². The van der Waals surface area contributed by atoms with Crippen molar-refractivity contribution in [3.8, 4) is 0 Å². The minimum absolute atomic E-state index is 0.0873. The van der Waals surface area contributed by atoms with Crippen molar-refractivity contribution in [1.82, 2.24) is 5.09 Å². The zero-order chi connectivity index (χ0) is 11.5. The second-order valence-corrected chi connectivity index (χ2v) is 6.22. The molecule has 0 aromatic rings. The van der Waals surface area contributed by atoms with Gasteiger partial charge in [-0.1, -0.05) is 6.92 Å². The standard InChI is InChI=1S/C8H19BNO4P/c1-3-15(11,12)10-6-4-8(9)14-7(6)5-13-2/h6-8H,3-5,9H2,1-2H3,(H2,10,11,12)/t6-,7-,8-/m1/s1. The Morgan fingerprint density at radius 2 is 2.40 bits per heavy atom. The van der Waals surface area contributed by atoms with E-state index in [-0.39, 0.29) is 24.3 Å². The minimum atomic E-state index is -3.20. The van der Waals surface area contributed by atoms with Crippen LogP contribution >= 0.6 is 7.52 Å². The van der Waals surface area contributed by atoms with Crippen LogP contribution in [0.1, 0.15) is 13.3 Å². The fraction of sp³-hybridized carbons (Fsp3) is 1.00. The molecule has 1 heterocycles. The van der Waals surface area contributed by atoms with Gasteiger partial charge in [0.25, 0.3) is 7.52 Å². The fourth-order valence-corrected chi connectivity index (χ4v) is 2.74. The highest BCUT2D eigenvalue weighted by Crippen LogP contribution is 2.37. The summed E-state index contributed by atoms with van der Waals surface area (Å²) in [6.45, 7) is 2.14. The molecule has 1 aliphatic rings. The van der Waals surface area contributed by atoms with Crippen LogP contribution in [-0.4, -0.2) is 50.8 Å². The molecular weight excluding hydrogens is 216 g/mol. The molecule has 7 heteroatoms. The van der Waals surface area contributed by atoms with Crippen molar-refractivity contribution < 1.29 is 18.9 Å². The highest BCUT2D eigenvalue weighted by molar-refractivity contribution is 7.55. The first kappa shape index (κ1) is 13.2. The number of hydrogen-bond donors (Lipinski definition) is 2. The van der Waals surface area contributed by atoms with Gasteiger partial charge < -0.3 is 14.4 Å². The van der Waals surface area contributed by atoms with E-state index in [0.717, 1.165) is 6.42 Å². The summed E-state index contributed by atoms with van der Waals surface area (Å²) in [5, 5.41) is 2.78. The number of rotatable bonds is 5. The van der Waals surface area contributed by atoms with Crippen LogP contribution in [0, 0.1) is 0 Å². The monoisotopic (exact) mass is 235 g/mol. The number of hydrogen-bond acceptors (Lipinski definition) is 3. The Labute approximate surface area is 91.4 Å². The molecule has 2 N–H and O–H groups in total. The normalized spacial score (nSPS) is 35.3. The lowest BCUT2D eigenvalue weighted by atomic mass is 9.95. The van der Waals surface area contributed by atoms with Crippen LogP contribution < -0.4 is 5.09 Å². The molecule has 0 amide bonds. The Bertz CT molecular complexity index is 253. The van der Waals surface area contributed by atoms with Crippen molar-refractivity contribution in [2.75, 3.05) is 19.9 Å². The van der Waals surface area contributed by atoms with Crippen LogP contribution in [0.5, 0.6) is 0 Å². The summed E-state index contributed by atoms with van der Waals surface area (Å²) >= 11 is 0.